The number of likely N-dealkylation sites (tertiary alicyclic amines) is 1. The molecule has 196 valence electrons. The third-order valence-electron chi connectivity index (χ3n) is 6.64. The number of aromatic nitrogens is 5. The Bertz CT molecular complexity index is 1720. The maximum absolute atomic E-state index is 13.3. The lowest BCUT2D eigenvalue weighted by molar-refractivity contribution is 0.0250. The molecular formula is C27H21BrClN7O3. The summed E-state index contributed by atoms with van der Waals surface area (Å²) < 4.78 is 7.86. The van der Waals surface area contributed by atoms with Crippen LogP contribution in [-0.2, 0) is 5.54 Å². The minimum Gasteiger partial charge on any atom is -0.355 e. The summed E-state index contributed by atoms with van der Waals surface area (Å²) in [6.45, 7) is 4.19. The number of hydrogen-bond donors (Lipinski definition) is 1. The molecule has 1 N–H and O–H groups in total. The van der Waals surface area contributed by atoms with E-state index in [9.17, 15) is 9.59 Å². The second kappa shape index (κ2) is 9.58. The van der Waals surface area contributed by atoms with Gasteiger partial charge in [0.05, 0.1) is 13.1 Å². The van der Waals surface area contributed by atoms with Crippen LogP contribution in [0.5, 0.6) is 0 Å². The number of aryl methyl sites for hydroxylation is 2. The number of nitrogens with one attached hydrogen (secondary N) is 1. The molecule has 1 aliphatic heterocycles. The van der Waals surface area contributed by atoms with Crippen molar-refractivity contribution in [3.63, 3.8) is 0 Å². The Morgan fingerprint density at radius 1 is 1.03 bits per heavy atom. The Morgan fingerprint density at radius 2 is 1.74 bits per heavy atom. The Labute approximate surface area is 236 Å². The van der Waals surface area contributed by atoms with E-state index >= 15 is 0 Å². The normalized spacial score (nSPS) is 14.3. The molecule has 2 amide bonds. The third kappa shape index (κ3) is 4.68. The van der Waals surface area contributed by atoms with Crippen LogP contribution in [0.1, 0.15) is 38.1 Å². The average molecular weight is 607 g/mol. The molecule has 6 rings (SSSR count). The van der Waals surface area contributed by atoms with Crippen LogP contribution >= 0.6 is 27.5 Å². The zero-order valence-electron chi connectivity index (χ0n) is 20.9. The molecule has 12 heteroatoms. The molecule has 0 radical (unpaired) electrons. The van der Waals surface area contributed by atoms with Gasteiger partial charge in [0.1, 0.15) is 5.54 Å². The van der Waals surface area contributed by atoms with E-state index < -0.39 is 11.4 Å². The SMILES string of the molecule is Cc1cc(C)n2nc(C(=O)N3CC(NC(=O)c4cc(-c5ccc(Cl)cc5)on4)(c4ccc(Br)cc4)C3)nc2n1. The van der Waals surface area contributed by atoms with Crippen molar-refractivity contribution in [1.29, 1.82) is 0 Å². The molecule has 39 heavy (non-hydrogen) atoms. The summed E-state index contributed by atoms with van der Waals surface area (Å²) in [5.74, 6) is 0.0977. The number of rotatable bonds is 5. The monoisotopic (exact) mass is 605 g/mol. The number of nitrogens with zero attached hydrogens (tertiary/aromatic N) is 6. The Hall–Kier alpha value is -4.09. The zero-order valence-corrected chi connectivity index (χ0v) is 23.2. The van der Waals surface area contributed by atoms with Crippen molar-refractivity contribution in [2.75, 3.05) is 13.1 Å². The zero-order chi connectivity index (χ0) is 27.3. The van der Waals surface area contributed by atoms with E-state index in [0.717, 1.165) is 27.0 Å². The van der Waals surface area contributed by atoms with E-state index in [4.69, 9.17) is 16.1 Å². The number of hydrogen-bond acceptors (Lipinski definition) is 7. The highest BCUT2D eigenvalue weighted by Gasteiger charge is 2.49. The van der Waals surface area contributed by atoms with Gasteiger partial charge in [-0.25, -0.2) is 9.50 Å². The molecule has 4 heterocycles. The first-order chi connectivity index (χ1) is 18.7. The first-order valence-electron chi connectivity index (χ1n) is 12.0. The molecule has 5 aromatic rings. The summed E-state index contributed by atoms with van der Waals surface area (Å²) >= 11 is 9.43. The van der Waals surface area contributed by atoms with E-state index in [1.54, 1.807) is 39.7 Å². The molecule has 0 atom stereocenters. The lowest BCUT2D eigenvalue weighted by Crippen LogP contribution is -2.69. The van der Waals surface area contributed by atoms with Gasteiger partial charge in [-0.2, -0.15) is 4.98 Å². The fraction of sp³-hybridized carbons (Fsp3) is 0.185. The van der Waals surface area contributed by atoms with Crippen LogP contribution in [0.25, 0.3) is 17.1 Å². The fourth-order valence-corrected chi connectivity index (χ4v) is 5.05. The van der Waals surface area contributed by atoms with Gasteiger partial charge in [-0.1, -0.05) is 44.8 Å². The van der Waals surface area contributed by atoms with E-state index in [2.05, 4.69) is 41.5 Å². The fourth-order valence-electron chi connectivity index (χ4n) is 4.66. The van der Waals surface area contributed by atoms with Crippen LogP contribution in [0.15, 0.2) is 69.7 Å². The third-order valence-corrected chi connectivity index (χ3v) is 7.42. The summed E-state index contributed by atoms with van der Waals surface area (Å²) in [7, 11) is 0. The highest BCUT2D eigenvalue weighted by Crippen LogP contribution is 2.34. The van der Waals surface area contributed by atoms with Crippen molar-refractivity contribution in [2.45, 2.75) is 19.4 Å². The standard InChI is InChI=1S/C27H21BrClN7O3/c1-15-11-16(2)36-26(30-15)31-23(33-36)25(38)35-13-27(14-35,18-5-7-19(28)8-6-18)32-24(37)21-12-22(39-34-21)17-3-9-20(29)10-4-17/h3-12H,13-14H2,1-2H3,(H,32,37). The number of halogens is 2. The predicted octanol–water partition coefficient (Wildman–Crippen LogP) is 4.59. The van der Waals surface area contributed by atoms with Crippen molar-refractivity contribution in [3.05, 3.63) is 98.6 Å². The van der Waals surface area contributed by atoms with Crippen molar-refractivity contribution in [3.8, 4) is 11.3 Å². The largest absolute Gasteiger partial charge is 0.355 e. The summed E-state index contributed by atoms with van der Waals surface area (Å²) in [6.07, 6.45) is 0. The molecular weight excluding hydrogens is 586 g/mol. The van der Waals surface area contributed by atoms with E-state index in [1.807, 2.05) is 44.2 Å². The molecule has 1 saturated heterocycles. The summed E-state index contributed by atoms with van der Waals surface area (Å²) in [5, 5.41) is 12.0. The second-order valence-electron chi connectivity index (χ2n) is 9.47. The molecule has 0 unspecified atom stereocenters. The Balaban J connectivity index is 1.25. The highest BCUT2D eigenvalue weighted by molar-refractivity contribution is 9.10. The van der Waals surface area contributed by atoms with Crippen LogP contribution in [-0.4, -0.2) is 54.5 Å². The average Bonchev–Trinajstić information content (AvgIpc) is 3.55. The molecule has 1 aliphatic rings. The van der Waals surface area contributed by atoms with Gasteiger partial charge in [-0.15, -0.1) is 5.10 Å². The second-order valence-corrected chi connectivity index (χ2v) is 10.8. The van der Waals surface area contributed by atoms with Crippen molar-refractivity contribution in [1.82, 2.24) is 35.0 Å². The van der Waals surface area contributed by atoms with Gasteiger partial charge in [0, 0.05) is 32.5 Å². The molecule has 10 nitrogen and oxygen atoms in total. The van der Waals surface area contributed by atoms with Gasteiger partial charge in [0.15, 0.2) is 11.5 Å². The van der Waals surface area contributed by atoms with E-state index in [-0.39, 0.29) is 30.5 Å². The topological polar surface area (TPSA) is 119 Å². The van der Waals surface area contributed by atoms with Crippen LogP contribution in [0.4, 0.5) is 0 Å². The number of carbonyl (C=O) groups is 2. The first-order valence-corrected chi connectivity index (χ1v) is 13.2. The number of amides is 2. The van der Waals surface area contributed by atoms with Crippen LogP contribution < -0.4 is 5.32 Å². The Kier molecular flexibility index (Phi) is 6.19. The Morgan fingerprint density at radius 3 is 2.46 bits per heavy atom. The van der Waals surface area contributed by atoms with Crippen LogP contribution in [0.3, 0.4) is 0 Å². The van der Waals surface area contributed by atoms with Gasteiger partial charge in [-0.3, -0.25) is 9.59 Å². The molecule has 0 bridgehead atoms. The number of benzene rings is 2. The summed E-state index contributed by atoms with van der Waals surface area (Å²) in [6, 6.07) is 18.1. The van der Waals surface area contributed by atoms with Gasteiger partial charge in [0.25, 0.3) is 17.6 Å². The maximum Gasteiger partial charge on any atom is 0.293 e. The lowest BCUT2D eigenvalue weighted by atomic mass is 9.82. The van der Waals surface area contributed by atoms with Gasteiger partial charge < -0.3 is 14.7 Å². The molecule has 3 aromatic heterocycles. The van der Waals surface area contributed by atoms with Gasteiger partial charge in [-0.05, 0) is 61.9 Å². The quantitative estimate of drug-likeness (QED) is 0.311. The van der Waals surface area contributed by atoms with Gasteiger partial charge in [0.2, 0.25) is 5.82 Å². The van der Waals surface area contributed by atoms with Crippen molar-refractivity contribution in [2.24, 2.45) is 0 Å². The van der Waals surface area contributed by atoms with E-state index in [0.29, 0.717) is 16.6 Å². The van der Waals surface area contributed by atoms with Gasteiger partial charge >= 0.3 is 0 Å². The molecule has 1 fully saturated rings. The molecule has 0 aliphatic carbocycles. The van der Waals surface area contributed by atoms with Crippen LogP contribution in [0.2, 0.25) is 5.02 Å². The highest BCUT2D eigenvalue weighted by atomic mass is 79.9. The predicted molar refractivity (Wildman–Crippen MR) is 146 cm³/mol. The van der Waals surface area contributed by atoms with E-state index in [1.165, 1.54) is 0 Å². The minimum atomic E-state index is -0.837. The lowest BCUT2D eigenvalue weighted by Gasteiger charge is -2.50. The maximum atomic E-state index is 13.3. The molecule has 0 saturated carbocycles. The number of fused-ring (bicyclic) bond motifs is 1. The smallest absolute Gasteiger partial charge is 0.293 e. The molecule has 0 spiro atoms. The van der Waals surface area contributed by atoms with Crippen molar-refractivity contribution < 1.29 is 14.1 Å². The first kappa shape index (κ1) is 25.2. The molecule has 2 aromatic carbocycles. The summed E-state index contributed by atoms with van der Waals surface area (Å²) in [5.41, 5.74) is 2.50. The number of carbonyl (C=O) groups excluding carboxylic acids is 2. The summed E-state index contributed by atoms with van der Waals surface area (Å²) in [4.78, 5) is 36.9. The minimum absolute atomic E-state index is 0.0519. The van der Waals surface area contributed by atoms with Crippen LogP contribution in [0, 0.1) is 13.8 Å². The van der Waals surface area contributed by atoms with Crippen molar-refractivity contribution >= 4 is 45.1 Å².